The number of nitrogens with zero attached hydrogens (tertiary/aromatic N) is 1. The third-order valence-corrected chi connectivity index (χ3v) is 2.86. The van der Waals surface area contributed by atoms with Gasteiger partial charge in [-0.25, -0.2) is 4.79 Å². The molecule has 0 aromatic carbocycles. The Hall–Kier alpha value is -1.59. The summed E-state index contributed by atoms with van der Waals surface area (Å²) in [6.07, 6.45) is 0.241. The predicted octanol–water partition coefficient (Wildman–Crippen LogP) is 0.419. The standard InChI is InChI=1S/C11H17NO5/c1-6(2)3-8(11(16)17)12-5-7(10(14)15)4-9(12)13/h6-8H,3-5H2,1-2H3,(H,14,15)(H,16,17)/t7?,8-/m0/s1. The van der Waals surface area contributed by atoms with Crippen LogP contribution in [0.2, 0.25) is 0 Å². The molecule has 0 aromatic heterocycles. The number of likely N-dealkylation sites (tertiary alicyclic amines) is 1. The molecule has 6 heteroatoms. The van der Waals surface area contributed by atoms with E-state index in [4.69, 9.17) is 10.2 Å². The molecule has 0 bridgehead atoms. The Morgan fingerprint density at radius 1 is 1.41 bits per heavy atom. The lowest BCUT2D eigenvalue weighted by Crippen LogP contribution is -2.43. The number of aliphatic carboxylic acids is 2. The van der Waals surface area contributed by atoms with Crippen molar-refractivity contribution in [3.63, 3.8) is 0 Å². The Kier molecular flexibility index (Phi) is 4.09. The van der Waals surface area contributed by atoms with Gasteiger partial charge in [0.25, 0.3) is 0 Å². The van der Waals surface area contributed by atoms with Crippen molar-refractivity contribution in [2.45, 2.75) is 32.7 Å². The summed E-state index contributed by atoms with van der Waals surface area (Å²) in [6.45, 7) is 3.73. The van der Waals surface area contributed by atoms with E-state index in [-0.39, 0.29) is 24.8 Å². The first-order valence-corrected chi connectivity index (χ1v) is 5.58. The van der Waals surface area contributed by atoms with E-state index in [2.05, 4.69) is 0 Å². The first-order valence-electron chi connectivity index (χ1n) is 5.58. The number of hydrogen-bond acceptors (Lipinski definition) is 3. The molecule has 2 N–H and O–H groups in total. The van der Waals surface area contributed by atoms with E-state index >= 15 is 0 Å². The summed E-state index contributed by atoms with van der Waals surface area (Å²) >= 11 is 0. The highest BCUT2D eigenvalue weighted by atomic mass is 16.4. The Bertz CT molecular complexity index is 339. The number of carbonyl (C=O) groups is 3. The molecule has 1 fully saturated rings. The van der Waals surface area contributed by atoms with Crippen LogP contribution in [0.5, 0.6) is 0 Å². The van der Waals surface area contributed by atoms with Crippen molar-refractivity contribution >= 4 is 17.8 Å². The average molecular weight is 243 g/mol. The lowest BCUT2D eigenvalue weighted by molar-refractivity contribution is -0.149. The van der Waals surface area contributed by atoms with Gasteiger partial charge in [-0.15, -0.1) is 0 Å². The van der Waals surface area contributed by atoms with Gasteiger partial charge in [-0.1, -0.05) is 13.8 Å². The SMILES string of the molecule is CC(C)C[C@@H](C(=O)O)N1CC(C(=O)O)CC1=O. The van der Waals surface area contributed by atoms with Crippen LogP contribution in [0.1, 0.15) is 26.7 Å². The highest BCUT2D eigenvalue weighted by Gasteiger charge is 2.40. The van der Waals surface area contributed by atoms with Crippen molar-refractivity contribution < 1.29 is 24.6 Å². The van der Waals surface area contributed by atoms with Gasteiger partial charge in [0.2, 0.25) is 5.91 Å². The molecule has 0 radical (unpaired) electrons. The largest absolute Gasteiger partial charge is 0.481 e. The van der Waals surface area contributed by atoms with Crippen LogP contribution in [-0.4, -0.2) is 45.5 Å². The monoisotopic (exact) mass is 243 g/mol. The van der Waals surface area contributed by atoms with Gasteiger partial charge >= 0.3 is 11.9 Å². The van der Waals surface area contributed by atoms with Crippen LogP contribution < -0.4 is 0 Å². The first-order chi connectivity index (χ1) is 7.82. The van der Waals surface area contributed by atoms with Crippen molar-refractivity contribution in [1.29, 1.82) is 0 Å². The second-order valence-electron chi connectivity index (χ2n) is 4.77. The number of amides is 1. The van der Waals surface area contributed by atoms with E-state index in [1.54, 1.807) is 0 Å². The van der Waals surface area contributed by atoms with E-state index < -0.39 is 23.9 Å². The summed E-state index contributed by atoms with van der Waals surface area (Å²) in [6, 6.07) is -0.910. The quantitative estimate of drug-likeness (QED) is 0.729. The molecule has 0 spiro atoms. The van der Waals surface area contributed by atoms with Crippen molar-refractivity contribution in [3.8, 4) is 0 Å². The molecule has 1 aliphatic rings. The number of carboxylic acid groups (broad SMARTS) is 2. The van der Waals surface area contributed by atoms with E-state index in [9.17, 15) is 14.4 Å². The zero-order valence-electron chi connectivity index (χ0n) is 9.92. The summed E-state index contributed by atoms with van der Waals surface area (Å²) < 4.78 is 0. The minimum atomic E-state index is -1.07. The molecule has 1 aliphatic heterocycles. The minimum Gasteiger partial charge on any atom is -0.481 e. The van der Waals surface area contributed by atoms with Gasteiger partial charge in [0, 0.05) is 13.0 Å². The van der Waals surface area contributed by atoms with Gasteiger partial charge in [0.1, 0.15) is 6.04 Å². The topological polar surface area (TPSA) is 94.9 Å². The summed E-state index contributed by atoms with van der Waals surface area (Å²) in [4.78, 5) is 34.7. The summed E-state index contributed by atoms with van der Waals surface area (Å²) in [7, 11) is 0. The molecule has 17 heavy (non-hydrogen) atoms. The summed E-state index contributed by atoms with van der Waals surface area (Å²) in [5.74, 6) is -3.15. The van der Waals surface area contributed by atoms with Crippen LogP contribution in [-0.2, 0) is 14.4 Å². The molecule has 6 nitrogen and oxygen atoms in total. The van der Waals surface area contributed by atoms with Crippen LogP contribution in [0, 0.1) is 11.8 Å². The average Bonchev–Trinajstić information content (AvgIpc) is 2.56. The predicted molar refractivity (Wildman–Crippen MR) is 58.3 cm³/mol. The zero-order valence-corrected chi connectivity index (χ0v) is 9.92. The fourth-order valence-electron chi connectivity index (χ4n) is 2.01. The van der Waals surface area contributed by atoms with Gasteiger partial charge in [-0.05, 0) is 12.3 Å². The molecule has 96 valence electrons. The highest BCUT2D eigenvalue weighted by Crippen LogP contribution is 2.23. The van der Waals surface area contributed by atoms with E-state index in [0.29, 0.717) is 6.42 Å². The third-order valence-electron chi connectivity index (χ3n) is 2.86. The second-order valence-corrected chi connectivity index (χ2v) is 4.77. The molecule has 0 aliphatic carbocycles. The van der Waals surface area contributed by atoms with Crippen LogP contribution in [0.25, 0.3) is 0 Å². The van der Waals surface area contributed by atoms with Crippen LogP contribution in [0.3, 0.4) is 0 Å². The maximum atomic E-state index is 11.6. The molecule has 1 unspecified atom stereocenters. The van der Waals surface area contributed by atoms with Gasteiger partial charge in [0.05, 0.1) is 5.92 Å². The van der Waals surface area contributed by atoms with E-state index in [1.165, 1.54) is 4.90 Å². The first kappa shape index (κ1) is 13.5. The van der Waals surface area contributed by atoms with Gasteiger partial charge in [-0.2, -0.15) is 0 Å². The number of carboxylic acids is 2. The summed E-state index contributed by atoms with van der Waals surface area (Å²) in [5, 5.41) is 17.9. The smallest absolute Gasteiger partial charge is 0.326 e. The Morgan fingerprint density at radius 2 is 2.00 bits per heavy atom. The van der Waals surface area contributed by atoms with Gasteiger partial charge in [-0.3, -0.25) is 9.59 Å². The van der Waals surface area contributed by atoms with Gasteiger partial charge in [0.15, 0.2) is 0 Å². The maximum Gasteiger partial charge on any atom is 0.326 e. The fraction of sp³-hybridized carbons (Fsp3) is 0.727. The number of rotatable bonds is 5. The van der Waals surface area contributed by atoms with Crippen LogP contribution >= 0.6 is 0 Å². The molecule has 1 heterocycles. The number of carbonyl (C=O) groups excluding carboxylic acids is 1. The molecule has 0 saturated carbocycles. The minimum absolute atomic E-state index is 0.00213. The molecule has 1 amide bonds. The Balaban J connectivity index is 2.78. The van der Waals surface area contributed by atoms with Crippen LogP contribution in [0.15, 0.2) is 0 Å². The lowest BCUT2D eigenvalue weighted by atomic mass is 10.0. The summed E-state index contributed by atoms with van der Waals surface area (Å²) in [5.41, 5.74) is 0. The van der Waals surface area contributed by atoms with Crippen molar-refractivity contribution in [3.05, 3.63) is 0 Å². The third kappa shape index (κ3) is 3.18. The number of hydrogen-bond donors (Lipinski definition) is 2. The highest BCUT2D eigenvalue weighted by molar-refractivity contribution is 5.89. The van der Waals surface area contributed by atoms with Crippen molar-refractivity contribution in [1.82, 2.24) is 4.90 Å². The maximum absolute atomic E-state index is 11.6. The normalized spacial score (nSPS) is 21.9. The van der Waals surface area contributed by atoms with E-state index in [0.717, 1.165) is 0 Å². The van der Waals surface area contributed by atoms with Crippen molar-refractivity contribution in [2.24, 2.45) is 11.8 Å². The molecule has 2 atom stereocenters. The molecule has 0 aromatic rings. The van der Waals surface area contributed by atoms with Crippen molar-refractivity contribution in [2.75, 3.05) is 6.54 Å². The molecular formula is C11H17NO5. The molecule has 1 rings (SSSR count). The Morgan fingerprint density at radius 3 is 2.35 bits per heavy atom. The Labute approximate surface area is 99.2 Å². The fourth-order valence-corrected chi connectivity index (χ4v) is 2.01. The second kappa shape index (κ2) is 5.16. The molecular weight excluding hydrogens is 226 g/mol. The van der Waals surface area contributed by atoms with E-state index in [1.807, 2.05) is 13.8 Å². The van der Waals surface area contributed by atoms with Crippen LogP contribution in [0.4, 0.5) is 0 Å². The van der Waals surface area contributed by atoms with Gasteiger partial charge < -0.3 is 15.1 Å². The lowest BCUT2D eigenvalue weighted by Gasteiger charge is -2.25. The molecule has 1 saturated heterocycles. The zero-order chi connectivity index (χ0) is 13.2.